The third kappa shape index (κ3) is 4.40. The molecule has 0 saturated heterocycles. The first-order chi connectivity index (χ1) is 12.9. The highest BCUT2D eigenvalue weighted by Crippen LogP contribution is 2.60. The van der Waals surface area contributed by atoms with Gasteiger partial charge in [0.15, 0.2) is 6.10 Å². The van der Waals surface area contributed by atoms with E-state index in [0.29, 0.717) is 5.92 Å². The molecule has 0 heterocycles. The topological polar surface area (TPSA) is 121 Å². The zero-order valence-electron chi connectivity index (χ0n) is 16.9. The lowest BCUT2D eigenvalue weighted by Crippen LogP contribution is -2.51. The zero-order valence-corrected chi connectivity index (χ0v) is 16.9. The van der Waals surface area contributed by atoms with Gasteiger partial charge in [-0.15, -0.1) is 0 Å². The molecule has 0 bridgehead atoms. The highest BCUT2D eigenvalue weighted by Gasteiger charge is 2.53. The van der Waals surface area contributed by atoms with Crippen LogP contribution in [0, 0.1) is 28.6 Å². The monoisotopic (exact) mass is 396 g/mol. The van der Waals surface area contributed by atoms with Crippen molar-refractivity contribution in [3.05, 3.63) is 12.2 Å². The molecule has 0 aromatic carbocycles. The first-order valence-corrected chi connectivity index (χ1v) is 9.87. The summed E-state index contributed by atoms with van der Waals surface area (Å²) < 4.78 is 5.62. The molecule has 0 radical (unpaired) electrons. The third-order valence-corrected chi connectivity index (χ3v) is 7.08. The van der Waals surface area contributed by atoms with Crippen molar-refractivity contribution in [2.24, 2.45) is 28.6 Å². The van der Waals surface area contributed by atoms with Crippen LogP contribution in [0.5, 0.6) is 0 Å². The maximum Gasteiger partial charge on any atom is 0.333 e. The van der Waals surface area contributed by atoms with Crippen LogP contribution in [0.3, 0.4) is 0 Å². The van der Waals surface area contributed by atoms with Crippen LogP contribution in [0.1, 0.15) is 59.3 Å². The van der Waals surface area contributed by atoms with E-state index in [1.165, 1.54) is 0 Å². The number of hydrogen-bond donors (Lipinski definition) is 3. The van der Waals surface area contributed by atoms with E-state index in [-0.39, 0.29) is 23.4 Å². The number of fused-ring (bicyclic) bond motifs is 1. The van der Waals surface area contributed by atoms with Crippen molar-refractivity contribution in [3.8, 4) is 0 Å². The number of aliphatic carboxylic acids is 3. The molecule has 7 nitrogen and oxygen atoms in total. The summed E-state index contributed by atoms with van der Waals surface area (Å²) in [6.07, 6.45) is 2.58. The number of rotatable bonds is 8. The summed E-state index contributed by atoms with van der Waals surface area (Å²) >= 11 is 0. The van der Waals surface area contributed by atoms with Crippen LogP contribution in [0.4, 0.5) is 0 Å². The van der Waals surface area contributed by atoms with Crippen molar-refractivity contribution < 1.29 is 34.4 Å². The minimum Gasteiger partial charge on any atom is -0.481 e. The van der Waals surface area contributed by atoms with Gasteiger partial charge in [-0.05, 0) is 42.4 Å². The van der Waals surface area contributed by atoms with E-state index in [1.54, 1.807) is 0 Å². The molecule has 0 aromatic heterocycles. The molecule has 2 aliphatic carbocycles. The maximum absolute atomic E-state index is 11.6. The summed E-state index contributed by atoms with van der Waals surface area (Å²) in [5.74, 6) is -5.58. The Bertz CT molecular complexity index is 653. The molecule has 5 atom stereocenters. The van der Waals surface area contributed by atoms with Crippen molar-refractivity contribution in [2.45, 2.75) is 65.4 Å². The van der Waals surface area contributed by atoms with Crippen LogP contribution in [-0.4, -0.2) is 45.9 Å². The van der Waals surface area contributed by atoms with E-state index in [4.69, 9.17) is 9.84 Å². The summed E-state index contributed by atoms with van der Waals surface area (Å²) in [6, 6.07) is 0. The second kappa shape index (κ2) is 8.23. The molecule has 2 rings (SSSR count). The molecule has 0 unspecified atom stereocenters. The third-order valence-electron chi connectivity index (χ3n) is 7.08. The summed E-state index contributed by atoms with van der Waals surface area (Å²) in [5, 5.41) is 27.7. The fraction of sp³-hybridized carbons (Fsp3) is 0.762. The number of carboxylic acids is 3. The van der Waals surface area contributed by atoms with E-state index in [1.807, 2.05) is 0 Å². The Labute approximate surface area is 165 Å². The van der Waals surface area contributed by atoms with Crippen LogP contribution < -0.4 is 0 Å². The molecule has 0 aromatic rings. The first kappa shape index (κ1) is 22.4. The number of ether oxygens (including phenoxy) is 1. The highest BCUT2D eigenvalue weighted by molar-refractivity contribution is 5.85. The van der Waals surface area contributed by atoms with E-state index < -0.39 is 36.4 Å². The molecule has 0 amide bonds. The molecule has 0 aliphatic heterocycles. The molecule has 2 fully saturated rings. The first-order valence-electron chi connectivity index (χ1n) is 9.87. The van der Waals surface area contributed by atoms with E-state index in [9.17, 15) is 24.6 Å². The Kier molecular flexibility index (Phi) is 6.58. The predicted molar refractivity (Wildman–Crippen MR) is 102 cm³/mol. The Hall–Kier alpha value is -1.89. The van der Waals surface area contributed by atoms with Gasteiger partial charge in [-0.25, -0.2) is 4.79 Å². The summed E-state index contributed by atoms with van der Waals surface area (Å²) in [4.78, 5) is 34.1. The molecule has 0 spiro atoms. The standard InChI is InChI=1S/C21H32O7/c1-12-6-7-15-20(2,3)8-5-9-21(15,4)14(12)11-28-17(19(26)27)13(18(24)25)10-16(22)23/h13-15,17H,1,5-11H2,2-4H3,(H,22,23)(H,24,25)(H,26,27)/t13-,14-,15-,17+,21+/m0/s1. The second-order valence-corrected chi connectivity index (χ2v) is 9.28. The van der Waals surface area contributed by atoms with Crippen molar-refractivity contribution in [1.82, 2.24) is 0 Å². The highest BCUT2D eigenvalue weighted by atomic mass is 16.5. The SMILES string of the molecule is C=C1CC[C@H]2C(C)(C)CCC[C@]2(C)[C@H]1CO[C@@H](C(=O)O)[C@H](CC(=O)O)C(=O)O. The average molecular weight is 396 g/mol. The molecule has 2 aliphatic rings. The average Bonchev–Trinajstić information content (AvgIpc) is 2.54. The van der Waals surface area contributed by atoms with Gasteiger partial charge in [-0.3, -0.25) is 9.59 Å². The van der Waals surface area contributed by atoms with Gasteiger partial charge in [0, 0.05) is 5.92 Å². The lowest BCUT2D eigenvalue weighted by molar-refractivity contribution is -0.170. The Morgan fingerprint density at radius 3 is 2.32 bits per heavy atom. The van der Waals surface area contributed by atoms with Crippen molar-refractivity contribution in [3.63, 3.8) is 0 Å². The van der Waals surface area contributed by atoms with Crippen molar-refractivity contribution in [2.75, 3.05) is 6.61 Å². The fourth-order valence-electron chi connectivity index (χ4n) is 5.65. The van der Waals surface area contributed by atoms with Gasteiger partial charge in [0.05, 0.1) is 13.0 Å². The second-order valence-electron chi connectivity index (χ2n) is 9.28. The van der Waals surface area contributed by atoms with Gasteiger partial charge in [0.1, 0.15) is 5.92 Å². The van der Waals surface area contributed by atoms with Crippen LogP contribution in [0.25, 0.3) is 0 Å². The lowest BCUT2D eigenvalue weighted by atomic mass is 9.48. The molecule has 158 valence electrons. The van der Waals surface area contributed by atoms with Crippen molar-refractivity contribution in [1.29, 1.82) is 0 Å². The minimum absolute atomic E-state index is 0.0439. The number of carbonyl (C=O) groups is 3. The van der Waals surface area contributed by atoms with E-state index >= 15 is 0 Å². The van der Waals surface area contributed by atoms with E-state index in [0.717, 1.165) is 37.7 Å². The molecular formula is C21H32O7. The van der Waals surface area contributed by atoms with Gasteiger partial charge in [-0.2, -0.15) is 0 Å². The Morgan fingerprint density at radius 1 is 1.14 bits per heavy atom. The lowest BCUT2D eigenvalue weighted by Gasteiger charge is -2.58. The predicted octanol–water partition coefficient (Wildman–Crippen LogP) is 3.43. The van der Waals surface area contributed by atoms with E-state index in [2.05, 4.69) is 27.4 Å². The van der Waals surface area contributed by atoms with Gasteiger partial charge >= 0.3 is 17.9 Å². The summed E-state index contributed by atoms with van der Waals surface area (Å²) in [7, 11) is 0. The molecule has 3 N–H and O–H groups in total. The molecular weight excluding hydrogens is 364 g/mol. The number of carboxylic acid groups (broad SMARTS) is 3. The van der Waals surface area contributed by atoms with Crippen molar-refractivity contribution >= 4 is 17.9 Å². The van der Waals surface area contributed by atoms with Crippen LogP contribution in [0.15, 0.2) is 12.2 Å². The summed E-state index contributed by atoms with van der Waals surface area (Å²) in [6.45, 7) is 11.0. The Morgan fingerprint density at radius 2 is 1.79 bits per heavy atom. The van der Waals surface area contributed by atoms with Gasteiger partial charge in [0.25, 0.3) is 0 Å². The quantitative estimate of drug-likeness (QED) is 0.537. The van der Waals surface area contributed by atoms with Gasteiger partial charge in [-0.1, -0.05) is 39.3 Å². The van der Waals surface area contributed by atoms with Crippen LogP contribution >= 0.6 is 0 Å². The molecule has 2 saturated carbocycles. The molecule has 28 heavy (non-hydrogen) atoms. The fourth-order valence-corrected chi connectivity index (χ4v) is 5.65. The zero-order chi connectivity index (χ0) is 21.3. The normalized spacial score (nSPS) is 31.5. The van der Waals surface area contributed by atoms with Crippen LogP contribution in [-0.2, 0) is 19.1 Å². The van der Waals surface area contributed by atoms with Gasteiger partial charge < -0.3 is 20.1 Å². The summed E-state index contributed by atoms with van der Waals surface area (Å²) in [5.41, 5.74) is 1.09. The smallest absolute Gasteiger partial charge is 0.333 e. The van der Waals surface area contributed by atoms with Crippen LogP contribution in [0.2, 0.25) is 0 Å². The molecule has 7 heteroatoms. The maximum atomic E-state index is 11.6. The largest absolute Gasteiger partial charge is 0.481 e. The minimum atomic E-state index is -1.71. The van der Waals surface area contributed by atoms with Gasteiger partial charge in [0.2, 0.25) is 0 Å². The number of hydrogen-bond acceptors (Lipinski definition) is 4. The Balaban J connectivity index is 2.23.